The molecule has 162 valence electrons. The molecule has 1 aliphatic rings. The predicted octanol–water partition coefficient (Wildman–Crippen LogP) is 3.24. The number of H-pyrrole nitrogens is 1. The van der Waals surface area contributed by atoms with Crippen molar-refractivity contribution in [1.29, 1.82) is 0 Å². The van der Waals surface area contributed by atoms with Crippen LogP contribution in [0.5, 0.6) is 0 Å². The number of thiophene rings is 1. The lowest BCUT2D eigenvalue weighted by Gasteiger charge is -2.36. The fourth-order valence-corrected chi connectivity index (χ4v) is 4.83. The van der Waals surface area contributed by atoms with Gasteiger partial charge >= 0.3 is 0 Å². The van der Waals surface area contributed by atoms with Crippen molar-refractivity contribution in [2.45, 2.75) is 18.5 Å². The Morgan fingerprint density at radius 1 is 1.23 bits per heavy atom. The topological polar surface area (TPSA) is 82.2 Å². The van der Waals surface area contributed by atoms with Gasteiger partial charge in [0.1, 0.15) is 11.6 Å². The molecule has 1 aliphatic heterocycles. The van der Waals surface area contributed by atoms with Gasteiger partial charge in [0, 0.05) is 43.0 Å². The molecule has 3 aromatic rings. The zero-order valence-electron chi connectivity index (χ0n) is 17.0. The minimum Gasteiger partial charge on any atom is -0.366 e. The number of carbonyl (C=O) groups excluding carboxylic acids is 2. The molecule has 1 aromatic carbocycles. The van der Waals surface area contributed by atoms with Crippen LogP contribution in [0.1, 0.15) is 28.0 Å². The van der Waals surface area contributed by atoms with Crippen LogP contribution in [-0.4, -0.2) is 63.7 Å². The van der Waals surface area contributed by atoms with Crippen LogP contribution >= 0.6 is 23.1 Å². The summed E-state index contributed by atoms with van der Waals surface area (Å²) in [6.07, 6.45) is 0.699. The maximum Gasteiger partial charge on any atom is 0.233 e. The summed E-state index contributed by atoms with van der Waals surface area (Å²) in [5, 5.41) is 9.69. The van der Waals surface area contributed by atoms with Gasteiger partial charge in [-0.05, 0) is 36.6 Å². The molecule has 1 saturated heterocycles. The van der Waals surface area contributed by atoms with Crippen LogP contribution in [0.15, 0.2) is 40.9 Å². The van der Waals surface area contributed by atoms with E-state index in [1.807, 2.05) is 22.4 Å². The number of hydrogen-bond donors (Lipinski definition) is 1. The average molecular weight is 460 g/mol. The number of benzene rings is 1. The highest BCUT2D eigenvalue weighted by atomic mass is 32.2. The van der Waals surface area contributed by atoms with Crippen molar-refractivity contribution in [1.82, 2.24) is 20.1 Å². The van der Waals surface area contributed by atoms with Gasteiger partial charge in [0.15, 0.2) is 5.78 Å². The molecule has 0 aliphatic carbocycles. The molecule has 0 saturated carbocycles. The molecular weight excluding hydrogens is 437 g/mol. The monoisotopic (exact) mass is 459 g/mol. The van der Waals surface area contributed by atoms with Crippen LogP contribution in [0.4, 0.5) is 10.1 Å². The quantitative estimate of drug-likeness (QED) is 0.432. The van der Waals surface area contributed by atoms with Crippen molar-refractivity contribution in [3.05, 3.63) is 57.8 Å². The highest BCUT2D eigenvalue weighted by Gasteiger charge is 2.23. The lowest BCUT2D eigenvalue weighted by molar-refractivity contribution is -0.128. The second-order valence-corrected chi connectivity index (χ2v) is 9.17. The Morgan fingerprint density at radius 3 is 2.71 bits per heavy atom. The van der Waals surface area contributed by atoms with E-state index < -0.39 is 5.82 Å². The van der Waals surface area contributed by atoms with Crippen LogP contribution in [0, 0.1) is 5.82 Å². The van der Waals surface area contributed by atoms with E-state index in [-0.39, 0.29) is 17.4 Å². The maximum absolute atomic E-state index is 14.4. The number of piperazine rings is 1. The molecule has 1 amide bonds. The molecule has 10 heteroatoms. The summed E-state index contributed by atoms with van der Waals surface area (Å²) in [5.41, 5.74) is 0.822. The van der Waals surface area contributed by atoms with E-state index in [1.165, 1.54) is 29.6 Å². The van der Waals surface area contributed by atoms with Gasteiger partial charge in [0.25, 0.3) is 0 Å². The van der Waals surface area contributed by atoms with Gasteiger partial charge in [-0.3, -0.25) is 14.7 Å². The number of rotatable bonds is 7. The Labute approximate surface area is 187 Å². The van der Waals surface area contributed by atoms with Crippen molar-refractivity contribution in [3.8, 4) is 0 Å². The third kappa shape index (κ3) is 5.31. The van der Waals surface area contributed by atoms with Crippen LogP contribution in [0.25, 0.3) is 0 Å². The van der Waals surface area contributed by atoms with Crippen molar-refractivity contribution in [2.24, 2.45) is 0 Å². The number of carbonyl (C=O) groups is 2. The molecule has 2 aromatic heterocycles. The van der Waals surface area contributed by atoms with E-state index in [2.05, 4.69) is 15.2 Å². The summed E-state index contributed by atoms with van der Waals surface area (Å²) in [6, 6.07) is 8.59. The van der Waals surface area contributed by atoms with Gasteiger partial charge in [-0.2, -0.15) is 0 Å². The number of Topliss-reactive ketones (excluding diaryl/α,β-unsaturated/α-hetero) is 1. The van der Waals surface area contributed by atoms with E-state index in [4.69, 9.17) is 0 Å². The summed E-state index contributed by atoms with van der Waals surface area (Å²) in [5.74, 6) is 0.484. The summed E-state index contributed by atoms with van der Waals surface area (Å²) in [7, 11) is 0. The average Bonchev–Trinajstić information content (AvgIpc) is 3.44. The van der Waals surface area contributed by atoms with E-state index >= 15 is 0 Å². The van der Waals surface area contributed by atoms with Gasteiger partial charge in [0.2, 0.25) is 11.1 Å². The Balaban J connectivity index is 1.26. The van der Waals surface area contributed by atoms with Crippen molar-refractivity contribution in [2.75, 3.05) is 36.8 Å². The Bertz CT molecular complexity index is 1060. The van der Waals surface area contributed by atoms with Crippen LogP contribution < -0.4 is 4.90 Å². The number of hydrogen-bond acceptors (Lipinski definition) is 7. The Hall–Kier alpha value is -2.72. The van der Waals surface area contributed by atoms with Gasteiger partial charge in [-0.25, -0.2) is 9.37 Å². The summed E-state index contributed by atoms with van der Waals surface area (Å²) >= 11 is 2.98. The van der Waals surface area contributed by atoms with E-state index in [9.17, 15) is 14.0 Å². The zero-order chi connectivity index (χ0) is 21.8. The maximum atomic E-state index is 14.4. The Morgan fingerprint density at radius 2 is 2.03 bits per heavy atom. The van der Waals surface area contributed by atoms with Gasteiger partial charge < -0.3 is 9.80 Å². The van der Waals surface area contributed by atoms with Crippen molar-refractivity contribution in [3.63, 3.8) is 0 Å². The molecule has 0 atom stereocenters. The summed E-state index contributed by atoms with van der Waals surface area (Å²) in [4.78, 5) is 33.3. The SMILES string of the molecule is CC(=O)c1ccc(N2CCN(C(=O)CSc3n[nH]c(Cc4cccs4)n3)CC2)c(F)c1. The molecular formula is C21H22FN5O2S2. The summed E-state index contributed by atoms with van der Waals surface area (Å²) < 4.78 is 14.4. The molecule has 7 nitrogen and oxygen atoms in total. The molecule has 31 heavy (non-hydrogen) atoms. The minimum absolute atomic E-state index is 0.0154. The largest absolute Gasteiger partial charge is 0.366 e. The predicted molar refractivity (Wildman–Crippen MR) is 119 cm³/mol. The molecule has 4 rings (SSSR count). The smallest absolute Gasteiger partial charge is 0.233 e. The minimum atomic E-state index is -0.411. The summed E-state index contributed by atoms with van der Waals surface area (Å²) in [6.45, 7) is 3.53. The van der Waals surface area contributed by atoms with E-state index in [0.717, 1.165) is 5.82 Å². The second-order valence-electron chi connectivity index (χ2n) is 7.20. The fourth-order valence-electron chi connectivity index (χ4n) is 3.40. The van der Waals surface area contributed by atoms with Crippen molar-refractivity contribution < 1.29 is 14.0 Å². The molecule has 1 fully saturated rings. The Kier molecular flexibility index (Phi) is 6.67. The van der Waals surface area contributed by atoms with Crippen LogP contribution in [0.3, 0.4) is 0 Å². The van der Waals surface area contributed by atoms with E-state index in [0.29, 0.717) is 49.0 Å². The first-order valence-electron chi connectivity index (χ1n) is 9.89. The molecule has 0 spiro atoms. The number of ketones is 1. The highest BCUT2D eigenvalue weighted by molar-refractivity contribution is 7.99. The molecule has 0 unspecified atom stereocenters. The zero-order valence-corrected chi connectivity index (χ0v) is 18.6. The number of aromatic nitrogens is 3. The number of halogens is 1. The normalized spacial score (nSPS) is 14.1. The van der Waals surface area contributed by atoms with Crippen molar-refractivity contribution >= 4 is 40.5 Å². The molecule has 0 bridgehead atoms. The fraction of sp³-hybridized carbons (Fsp3) is 0.333. The van der Waals surface area contributed by atoms with Crippen LogP contribution in [-0.2, 0) is 11.2 Å². The molecule has 3 heterocycles. The van der Waals surface area contributed by atoms with E-state index in [1.54, 1.807) is 28.4 Å². The van der Waals surface area contributed by atoms with Gasteiger partial charge in [0.05, 0.1) is 11.4 Å². The number of nitrogens with one attached hydrogen (secondary N) is 1. The first kappa shape index (κ1) is 21.5. The third-order valence-electron chi connectivity index (χ3n) is 5.08. The number of thioether (sulfide) groups is 1. The number of anilines is 1. The van der Waals surface area contributed by atoms with Gasteiger partial charge in [-0.1, -0.05) is 17.8 Å². The lowest BCUT2D eigenvalue weighted by Crippen LogP contribution is -2.49. The third-order valence-corrected chi connectivity index (χ3v) is 6.79. The van der Waals surface area contributed by atoms with Gasteiger partial charge in [-0.15, -0.1) is 16.4 Å². The second kappa shape index (κ2) is 9.61. The highest BCUT2D eigenvalue weighted by Crippen LogP contribution is 2.23. The first-order chi connectivity index (χ1) is 15.0. The number of aromatic amines is 1. The molecule has 0 radical (unpaired) electrons. The standard InChI is InChI=1S/C21H22FN5O2S2/c1-14(28)15-4-5-18(17(22)11-15)26-6-8-27(9-7-26)20(29)13-31-21-23-19(24-25-21)12-16-3-2-10-30-16/h2-5,10-11H,6-9,12-13H2,1H3,(H,23,24,25). The number of amides is 1. The molecule has 1 N–H and O–H groups in total. The lowest BCUT2D eigenvalue weighted by atomic mass is 10.1. The first-order valence-corrected chi connectivity index (χ1v) is 11.8. The van der Waals surface area contributed by atoms with Crippen LogP contribution in [0.2, 0.25) is 0 Å². The number of nitrogens with zero attached hydrogens (tertiary/aromatic N) is 4.